The van der Waals surface area contributed by atoms with E-state index in [0.717, 1.165) is 69.3 Å². The molecule has 38 heavy (non-hydrogen) atoms. The minimum Gasteiger partial charge on any atom is -0.469 e. The van der Waals surface area contributed by atoms with Crippen molar-refractivity contribution >= 4 is 11.7 Å². The van der Waals surface area contributed by atoms with Gasteiger partial charge in [-0.2, -0.15) is 0 Å². The van der Waals surface area contributed by atoms with Gasteiger partial charge < -0.3 is 14.5 Å². The molecule has 0 radical (unpaired) electrons. The van der Waals surface area contributed by atoms with E-state index in [1.165, 1.54) is 5.56 Å². The quantitative estimate of drug-likeness (QED) is 0.239. The summed E-state index contributed by atoms with van der Waals surface area (Å²) in [6, 6.07) is 0. The van der Waals surface area contributed by atoms with Crippen molar-refractivity contribution < 1.29 is 19.3 Å². The molecule has 0 bridgehead atoms. The average Bonchev–Trinajstić information content (AvgIpc) is 3.32. The summed E-state index contributed by atoms with van der Waals surface area (Å²) in [5.74, 6) is 2.09. The maximum Gasteiger partial charge on any atom is 0.312 e. The third-order valence-electron chi connectivity index (χ3n) is 13.7. The monoisotopic (exact) mass is 524 g/mol. The molecule has 1 aromatic heterocycles. The number of fused-ring (bicyclic) bond motifs is 8. The first-order valence-corrected chi connectivity index (χ1v) is 14.9. The maximum absolute atomic E-state index is 13.5. The second kappa shape index (κ2) is 7.87. The van der Waals surface area contributed by atoms with Gasteiger partial charge in [-0.25, -0.2) is 0 Å². The standard InChI is InChI=1S/C32H48N2O4/c1-27(2)11-13-32(26(35)37-8)14-12-31(7)24(20(32)17-27)21(34-36)15-23-29(5)16-19-18-33-38-25(19)28(3,4)22(29)9-10-30(23,31)6/h18,20,22-24,36H,9-17H2,1-8H3/b34-21+/t20-,22-,23+,24-,29-,30+,31+,32-/m0/s1. The van der Waals surface area contributed by atoms with E-state index in [1.807, 2.05) is 6.20 Å². The third kappa shape index (κ3) is 3.04. The van der Waals surface area contributed by atoms with Gasteiger partial charge in [-0.3, -0.25) is 4.79 Å². The maximum atomic E-state index is 13.5. The van der Waals surface area contributed by atoms with Crippen molar-refractivity contribution in [3.8, 4) is 0 Å². The van der Waals surface area contributed by atoms with Crippen LogP contribution in [-0.4, -0.2) is 29.2 Å². The Bertz CT molecular complexity index is 1180. The molecule has 0 aromatic carbocycles. The van der Waals surface area contributed by atoms with Gasteiger partial charge in [0.2, 0.25) is 0 Å². The largest absolute Gasteiger partial charge is 0.469 e. The normalized spacial score (nSPS) is 47.6. The van der Waals surface area contributed by atoms with Crippen LogP contribution in [0.5, 0.6) is 0 Å². The molecule has 210 valence electrons. The Morgan fingerprint density at radius 3 is 2.42 bits per heavy atom. The molecule has 0 aliphatic heterocycles. The molecule has 6 rings (SSSR count). The van der Waals surface area contributed by atoms with Crippen LogP contribution in [0.3, 0.4) is 0 Å². The van der Waals surface area contributed by atoms with Crippen molar-refractivity contribution in [2.75, 3.05) is 7.11 Å². The van der Waals surface area contributed by atoms with Crippen LogP contribution in [0.4, 0.5) is 0 Å². The topological polar surface area (TPSA) is 84.9 Å². The highest BCUT2D eigenvalue weighted by Gasteiger charge is 2.72. The van der Waals surface area contributed by atoms with Gasteiger partial charge >= 0.3 is 5.97 Å². The zero-order valence-electron chi connectivity index (χ0n) is 24.8. The second-order valence-electron chi connectivity index (χ2n) is 16.0. The van der Waals surface area contributed by atoms with Gasteiger partial charge in [0.25, 0.3) is 0 Å². The zero-order chi connectivity index (χ0) is 27.5. The summed E-state index contributed by atoms with van der Waals surface area (Å²) >= 11 is 0. The van der Waals surface area contributed by atoms with E-state index in [-0.39, 0.29) is 44.9 Å². The third-order valence-corrected chi connectivity index (χ3v) is 13.7. The number of rotatable bonds is 1. The zero-order valence-corrected chi connectivity index (χ0v) is 24.8. The predicted molar refractivity (Wildman–Crippen MR) is 146 cm³/mol. The lowest BCUT2D eigenvalue weighted by Crippen LogP contribution is -2.69. The van der Waals surface area contributed by atoms with E-state index >= 15 is 0 Å². The van der Waals surface area contributed by atoms with E-state index in [9.17, 15) is 10.0 Å². The van der Waals surface area contributed by atoms with E-state index in [2.05, 4.69) is 58.8 Å². The minimum atomic E-state index is -0.473. The first kappa shape index (κ1) is 26.4. The van der Waals surface area contributed by atoms with E-state index < -0.39 is 5.41 Å². The molecule has 0 amide bonds. The Balaban J connectivity index is 1.49. The molecule has 4 fully saturated rings. The Morgan fingerprint density at radius 2 is 1.74 bits per heavy atom. The minimum absolute atomic E-state index is 0.0433. The second-order valence-corrected chi connectivity index (χ2v) is 16.0. The van der Waals surface area contributed by atoms with Crippen LogP contribution in [0.15, 0.2) is 15.9 Å². The van der Waals surface area contributed by atoms with Crippen LogP contribution in [0.25, 0.3) is 0 Å². The Hall–Kier alpha value is -1.85. The van der Waals surface area contributed by atoms with Crippen LogP contribution in [0.1, 0.15) is 111 Å². The molecule has 5 aliphatic carbocycles. The van der Waals surface area contributed by atoms with Gasteiger partial charge in [-0.1, -0.05) is 58.8 Å². The van der Waals surface area contributed by atoms with Gasteiger partial charge in [-0.05, 0) is 97.2 Å². The van der Waals surface area contributed by atoms with Crippen molar-refractivity contribution in [2.45, 2.75) is 112 Å². The van der Waals surface area contributed by atoms with Crippen LogP contribution in [0, 0.1) is 50.7 Å². The first-order valence-electron chi connectivity index (χ1n) is 14.9. The van der Waals surface area contributed by atoms with Crippen LogP contribution in [0.2, 0.25) is 0 Å². The molecule has 6 heteroatoms. The van der Waals surface area contributed by atoms with Crippen LogP contribution >= 0.6 is 0 Å². The van der Waals surface area contributed by atoms with E-state index in [1.54, 1.807) is 7.11 Å². The van der Waals surface area contributed by atoms with Gasteiger partial charge in [0, 0.05) is 16.9 Å². The summed E-state index contributed by atoms with van der Waals surface area (Å²) in [4.78, 5) is 13.5. The lowest BCUT2D eigenvalue weighted by Gasteiger charge is -2.72. The van der Waals surface area contributed by atoms with Crippen LogP contribution < -0.4 is 0 Å². The molecule has 0 spiro atoms. The number of carbonyl (C=O) groups is 1. The highest BCUT2D eigenvalue weighted by Crippen LogP contribution is 2.76. The van der Waals surface area contributed by atoms with E-state index in [4.69, 9.17) is 9.26 Å². The number of esters is 1. The molecule has 8 atom stereocenters. The van der Waals surface area contributed by atoms with Crippen molar-refractivity contribution in [1.29, 1.82) is 0 Å². The number of nitrogens with zero attached hydrogens (tertiary/aromatic N) is 2. The smallest absolute Gasteiger partial charge is 0.312 e. The Kier molecular flexibility index (Phi) is 5.47. The molecule has 0 unspecified atom stereocenters. The molecule has 5 aliphatic rings. The highest BCUT2D eigenvalue weighted by atomic mass is 16.5. The van der Waals surface area contributed by atoms with Crippen molar-refractivity contribution in [2.24, 2.45) is 55.9 Å². The summed E-state index contributed by atoms with van der Waals surface area (Å²) in [5, 5.41) is 19.0. The molecule has 1 N–H and O–H groups in total. The number of oxime groups is 1. The Morgan fingerprint density at radius 1 is 1.03 bits per heavy atom. The van der Waals surface area contributed by atoms with Crippen LogP contribution in [-0.2, 0) is 21.4 Å². The fraction of sp³-hybridized carbons (Fsp3) is 0.844. The Labute approximate surface area is 228 Å². The SMILES string of the molecule is COC(=O)[C@]12CCC(C)(C)C[C@H]1[C@H]1/C(=N/O)C[C@@H]3[C@@]4(C)Cc5cnoc5C(C)(C)[C@@H]4CC[C@@]3(C)[C@]1(C)CC2. The lowest BCUT2D eigenvalue weighted by atomic mass is 9.31. The summed E-state index contributed by atoms with van der Waals surface area (Å²) in [7, 11) is 1.55. The number of ether oxygens (including phenoxy) is 1. The van der Waals surface area contributed by atoms with Gasteiger partial charge in [0.05, 0.1) is 24.4 Å². The summed E-state index contributed by atoms with van der Waals surface area (Å²) < 4.78 is 11.4. The van der Waals surface area contributed by atoms with Crippen molar-refractivity contribution in [1.82, 2.24) is 5.16 Å². The molecule has 0 saturated heterocycles. The number of aromatic nitrogens is 1. The summed E-state index contributed by atoms with van der Waals surface area (Å²) in [5.41, 5.74) is 1.83. The molecule has 1 aromatic rings. The highest BCUT2D eigenvalue weighted by molar-refractivity contribution is 5.90. The van der Waals surface area contributed by atoms with Crippen molar-refractivity contribution in [3.63, 3.8) is 0 Å². The molecule has 1 heterocycles. The molecular formula is C32H48N2O4. The fourth-order valence-electron chi connectivity index (χ4n) is 11.7. The predicted octanol–water partition coefficient (Wildman–Crippen LogP) is 7.18. The average molecular weight is 525 g/mol. The van der Waals surface area contributed by atoms with Gasteiger partial charge in [0.15, 0.2) is 0 Å². The molecular weight excluding hydrogens is 476 g/mol. The molecule has 6 nitrogen and oxygen atoms in total. The lowest BCUT2D eigenvalue weighted by molar-refractivity contribution is -0.212. The summed E-state index contributed by atoms with van der Waals surface area (Å²) in [6.07, 6.45) is 10.7. The summed E-state index contributed by atoms with van der Waals surface area (Å²) in [6.45, 7) is 16.9. The number of methoxy groups -OCH3 is 1. The number of hydrogen-bond acceptors (Lipinski definition) is 6. The van der Waals surface area contributed by atoms with E-state index in [0.29, 0.717) is 11.8 Å². The van der Waals surface area contributed by atoms with Crippen molar-refractivity contribution in [3.05, 3.63) is 17.5 Å². The molecule has 4 saturated carbocycles. The number of hydrogen-bond donors (Lipinski definition) is 1. The fourth-order valence-corrected chi connectivity index (χ4v) is 11.7. The van der Waals surface area contributed by atoms with Gasteiger partial charge in [0.1, 0.15) is 5.76 Å². The first-order chi connectivity index (χ1) is 17.7. The van der Waals surface area contributed by atoms with Gasteiger partial charge in [-0.15, -0.1) is 0 Å². The number of carbonyl (C=O) groups excluding carboxylic acids is 1.